The lowest BCUT2D eigenvalue weighted by atomic mass is 9.97. The fourth-order valence-electron chi connectivity index (χ4n) is 2.38. The summed E-state index contributed by atoms with van der Waals surface area (Å²) in [5.74, 6) is -7.50. The Morgan fingerprint density at radius 1 is 1.40 bits per heavy atom. The minimum absolute atomic E-state index is 0.115. The summed E-state index contributed by atoms with van der Waals surface area (Å²) in [6.07, 6.45) is -5.26. The molecule has 0 bridgehead atoms. The molecule has 1 amide bonds. The van der Waals surface area contributed by atoms with Crippen LogP contribution >= 0.6 is 11.3 Å². The van der Waals surface area contributed by atoms with Crippen LogP contribution in [0, 0.1) is 0 Å². The van der Waals surface area contributed by atoms with Crippen molar-refractivity contribution >= 4 is 17.2 Å². The fraction of sp³-hybridized carbons (Fsp3) is 0.583. The lowest BCUT2D eigenvalue weighted by molar-refractivity contribution is -0.275. The summed E-state index contributed by atoms with van der Waals surface area (Å²) in [5, 5.41) is 1.75. The lowest BCUT2D eigenvalue weighted by Gasteiger charge is -2.37. The van der Waals surface area contributed by atoms with E-state index in [1.807, 2.05) is 0 Å². The van der Waals surface area contributed by atoms with Gasteiger partial charge in [0.15, 0.2) is 0 Å². The molecule has 1 aromatic rings. The maximum Gasteiger partial charge on any atom is 0.463 e. The molecule has 2 heterocycles. The maximum absolute atomic E-state index is 13.2. The van der Waals surface area contributed by atoms with Crippen molar-refractivity contribution in [1.82, 2.24) is 4.90 Å². The molecular formula is C12H12F5NOS. The minimum Gasteiger partial charge on any atom is -0.330 e. The molecule has 8 heteroatoms. The Morgan fingerprint density at radius 2 is 2.05 bits per heavy atom. The highest BCUT2D eigenvalue weighted by atomic mass is 32.1. The van der Waals surface area contributed by atoms with Crippen molar-refractivity contribution in [3.8, 4) is 0 Å². The number of rotatable bonds is 2. The summed E-state index contributed by atoms with van der Waals surface area (Å²) in [7, 11) is 0. The van der Waals surface area contributed by atoms with Crippen molar-refractivity contribution in [2.75, 3.05) is 6.54 Å². The number of nitrogens with zero attached hydrogens (tertiary/aromatic N) is 1. The van der Waals surface area contributed by atoms with Crippen molar-refractivity contribution in [3.05, 3.63) is 21.9 Å². The van der Waals surface area contributed by atoms with Gasteiger partial charge in [-0.05, 0) is 29.9 Å². The summed E-state index contributed by atoms with van der Waals surface area (Å²) in [5.41, 5.74) is 0.676. The maximum atomic E-state index is 13.2. The smallest absolute Gasteiger partial charge is 0.330 e. The number of carbonyl (C=O) groups excluding carboxylic acids is 1. The van der Waals surface area contributed by atoms with Crippen LogP contribution in [-0.4, -0.2) is 29.5 Å². The molecule has 0 aliphatic carbocycles. The Kier molecular flexibility index (Phi) is 3.79. The number of hydrogen-bond donors (Lipinski definition) is 0. The molecule has 112 valence electrons. The summed E-state index contributed by atoms with van der Waals surface area (Å²) in [6, 6.07) is 0.963. The molecule has 0 aromatic carbocycles. The molecule has 20 heavy (non-hydrogen) atoms. The first-order valence-corrected chi connectivity index (χ1v) is 6.90. The van der Waals surface area contributed by atoms with Crippen molar-refractivity contribution in [2.45, 2.75) is 37.9 Å². The third kappa shape index (κ3) is 2.30. The highest BCUT2D eigenvalue weighted by Gasteiger charge is 2.65. The van der Waals surface area contributed by atoms with Gasteiger partial charge in [-0.25, -0.2) is 0 Å². The van der Waals surface area contributed by atoms with Gasteiger partial charge in [0, 0.05) is 11.4 Å². The predicted octanol–water partition coefficient (Wildman–Crippen LogP) is 3.78. The van der Waals surface area contributed by atoms with E-state index in [2.05, 4.69) is 0 Å². The number of fused-ring (bicyclic) bond motifs is 1. The lowest BCUT2D eigenvalue weighted by Crippen LogP contribution is -2.54. The van der Waals surface area contributed by atoms with Gasteiger partial charge in [0.2, 0.25) is 0 Å². The van der Waals surface area contributed by atoms with Gasteiger partial charge in [-0.15, -0.1) is 11.3 Å². The van der Waals surface area contributed by atoms with E-state index in [-0.39, 0.29) is 6.54 Å². The fourth-order valence-corrected chi connectivity index (χ4v) is 3.31. The summed E-state index contributed by atoms with van der Waals surface area (Å²) in [4.78, 5) is 13.2. The predicted molar refractivity (Wildman–Crippen MR) is 63.8 cm³/mol. The van der Waals surface area contributed by atoms with Gasteiger partial charge in [-0.3, -0.25) is 4.79 Å². The van der Waals surface area contributed by atoms with Gasteiger partial charge in [0.05, 0.1) is 6.04 Å². The van der Waals surface area contributed by atoms with E-state index in [0.717, 1.165) is 4.88 Å². The van der Waals surface area contributed by atoms with Crippen molar-refractivity contribution < 1.29 is 26.7 Å². The second-order valence-electron chi connectivity index (χ2n) is 4.54. The van der Waals surface area contributed by atoms with Crippen LogP contribution < -0.4 is 0 Å². The zero-order valence-corrected chi connectivity index (χ0v) is 11.3. The van der Waals surface area contributed by atoms with Gasteiger partial charge in [-0.2, -0.15) is 22.0 Å². The molecule has 0 saturated heterocycles. The van der Waals surface area contributed by atoms with Gasteiger partial charge >= 0.3 is 18.0 Å². The highest BCUT2D eigenvalue weighted by molar-refractivity contribution is 7.10. The zero-order chi connectivity index (χ0) is 15.1. The van der Waals surface area contributed by atoms with Crippen molar-refractivity contribution in [3.63, 3.8) is 0 Å². The third-order valence-corrected chi connectivity index (χ3v) is 4.36. The van der Waals surface area contributed by atoms with Crippen LogP contribution in [0.3, 0.4) is 0 Å². The summed E-state index contributed by atoms with van der Waals surface area (Å²) < 4.78 is 63.3. The van der Waals surface area contributed by atoms with Gasteiger partial charge in [0.25, 0.3) is 0 Å². The van der Waals surface area contributed by atoms with Gasteiger partial charge in [-0.1, -0.05) is 6.92 Å². The molecule has 0 fully saturated rings. The average molecular weight is 313 g/mol. The van der Waals surface area contributed by atoms with Crippen LogP contribution in [0.5, 0.6) is 0 Å². The van der Waals surface area contributed by atoms with Gasteiger partial charge < -0.3 is 4.90 Å². The Labute approximate surface area is 116 Å². The summed E-state index contributed by atoms with van der Waals surface area (Å²) in [6.45, 7) is 1.54. The first kappa shape index (κ1) is 15.2. The number of carbonyl (C=O) groups is 1. The minimum atomic E-state index is -5.86. The number of thiophene rings is 1. The van der Waals surface area contributed by atoms with Crippen molar-refractivity contribution in [1.29, 1.82) is 0 Å². The van der Waals surface area contributed by atoms with E-state index >= 15 is 0 Å². The van der Waals surface area contributed by atoms with Crippen LogP contribution in [0.25, 0.3) is 0 Å². The Morgan fingerprint density at radius 3 is 2.60 bits per heavy atom. The number of halogens is 5. The van der Waals surface area contributed by atoms with Gasteiger partial charge in [0.1, 0.15) is 0 Å². The van der Waals surface area contributed by atoms with Crippen LogP contribution in [0.1, 0.15) is 29.8 Å². The van der Waals surface area contributed by atoms with E-state index in [1.165, 1.54) is 11.3 Å². The molecule has 0 saturated carbocycles. The first-order chi connectivity index (χ1) is 9.20. The molecular weight excluding hydrogens is 301 g/mol. The van der Waals surface area contributed by atoms with Crippen LogP contribution in [0.15, 0.2) is 11.4 Å². The monoisotopic (exact) mass is 313 g/mol. The van der Waals surface area contributed by atoms with E-state index in [9.17, 15) is 26.7 Å². The van der Waals surface area contributed by atoms with E-state index in [1.54, 1.807) is 18.4 Å². The molecule has 0 N–H and O–H groups in total. The largest absolute Gasteiger partial charge is 0.463 e. The average Bonchev–Trinajstić information content (AvgIpc) is 2.83. The third-order valence-electron chi connectivity index (χ3n) is 3.37. The highest BCUT2D eigenvalue weighted by Crippen LogP contribution is 2.41. The quantitative estimate of drug-likeness (QED) is 0.761. The molecule has 0 spiro atoms. The zero-order valence-electron chi connectivity index (χ0n) is 10.5. The molecule has 1 atom stereocenters. The molecule has 0 radical (unpaired) electrons. The number of hydrogen-bond acceptors (Lipinski definition) is 2. The summed E-state index contributed by atoms with van der Waals surface area (Å²) >= 11 is 1.42. The Balaban J connectivity index is 2.32. The molecule has 1 aliphatic rings. The molecule has 1 aromatic heterocycles. The Bertz CT molecular complexity index is 510. The first-order valence-electron chi connectivity index (χ1n) is 6.02. The normalized spacial score (nSPS) is 19.9. The Hall–Kier alpha value is -1.18. The standard InChI is InChI=1S/C12H12F5NOS/c1-2-8-7-4-6-20-9(7)3-5-18(8)10(19)11(13,14)12(15,16)17/h4,6,8H,2-3,5H2,1H3. The van der Waals surface area contributed by atoms with Crippen LogP contribution in [0.4, 0.5) is 22.0 Å². The molecule has 2 nitrogen and oxygen atoms in total. The van der Waals surface area contributed by atoms with E-state index in [4.69, 9.17) is 0 Å². The topological polar surface area (TPSA) is 20.3 Å². The van der Waals surface area contributed by atoms with Crippen LogP contribution in [-0.2, 0) is 11.2 Å². The molecule has 1 aliphatic heterocycles. The number of alkyl halides is 5. The molecule has 1 unspecified atom stereocenters. The van der Waals surface area contributed by atoms with E-state index in [0.29, 0.717) is 23.3 Å². The van der Waals surface area contributed by atoms with E-state index < -0.39 is 24.0 Å². The number of amides is 1. The second kappa shape index (κ2) is 4.98. The second-order valence-corrected chi connectivity index (χ2v) is 5.54. The SMILES string of the molecule is CCC1c2ccsc2CCN1C(=O)C(F)(F)C(F)(F)F. The van der Waals surface area contributed by atoms with Crippen molar-refractivity contribution in [2.24, 2.45) is 0 Å². The van der Waals surface area contributed by atoms with Crippen LogP contribution in [0.2, 0.25) is 0 Å². The molecule has 2 rings (SSSR count).